The van der Waals surface area contributed by atoms with E-state index in [0.717, 1.165) is 22.7 Å². The largest absolute Gasteiger partial charge is 0.497 e. The second kappa shape index (κ2) is 8.87. The van der Waals surface area contributed by atoms with E-state index >= 15 is 0 Å². The third-order valence-corrected chi connectivity index (χ3v) is 3.96. The quantitative estimate of drug-likeness (QED) is 0.597. The summed E-state index contributed by atoms with van der Waals surface area (Å²) in [7, 11) is 1.62. The number of benzene rings is 2. The van der Waals surface area contributed by atoms with Gasteiger partial charge in [-0.1, -0.05) is 36.8 Å². The van der Waals surface area contributed by atoms with Crippen LogP contribution < -0.4 is 15.5 Å². The van der Waals surface area contributed by atoms with Crippen molar-refractivity contribution in [3.63, 3.8) is 0 Å². The van der Waals surface area contributed by atoms with Crippen LogP contribution in [0.5, 0.6) is 5.75 Å². The van der Waals surface area contributed by atoms with E-state index in [2.05, 4.69) is 15.8 Å². The number of aryl methyl sites for hydroxylation is 1. The molecule has 25 heavy (non-hydrogen) atoms. The number of hydrazone groups is 1. The predicted octanol–water partition coefficient (Wildman–Crippen LogP) is 3.73. The first kappa shape index (κ1) is 18.5. The first-order chi connectivity index (χ1) is 12.0. The van der Waals surface area contributed by atoms with E-state index in [1.165, 1.54) is 5.56 Å². The molecule has 0 spiro atoms. The molecule has 1 atom stereocenters. The Balaban J connectivity index is 1.98. The van der Waals surface area contributed by atoms with Crippen LogP contribution in [0.25, 0.3) is 0 Å². The van der Waals surface area contributed by atoms with Gasteiger partial charge in [0.1, 0.15) is 11.8 Å². The van der Waals surface area contributed by atoms with Gasteiger partial charge in [-0.25, -0.2) is 5.43 Å². The van der Waals surface area contributed by atoms with Gasteiger partial charge in [0.05, 0.1) is 12.8 Å². The van der Waals surface area contributed by atoms with Crippen LogP contribution in [0.1, 0.15) is 31.4 Å². The normalized spacial score (nSPS) is 12.4. The standard InChI is InChI=1S/C20H25N3O2/c1-5-19(21-17-10-12-18(25-4)13-11-17)20(24)23-22-15(3)16-8-6-14(2)7-9-16/h6-13,19,21H,5H2,1-4H3,(H,23,24)/b22-15-/t19-/m0/s1. The minimum absolute atomic E-state index is 0.162. The lowest BCUT2D eigenvalue weighted by Gasteiger charge is -2.17. The van der Waals surface area contributed by atoms with Gasteiger partial charge in [0.25, 0.3) is 5.91 Å². The molecule has 0 bridgehead atoms. The summed E-state index contributed by atoms with van der Waals surface area (Å²) in [4.78, 5) is 12.4. The Labute approximate surface area is 149 Å². The Hall–Kier alpha value is -2.82. The van der Waals surface area contributed by atoms with E-state index in [1.807, 2.05) is 69.3 Å². The van der Waals surface area contributed by atoms with E-state index < -0.39 is 0 Å². The Morgan fingerprint density at radius 1 is 1.12 bits per heavy atom. The molecule has 2 aromatic rings. The number of carbonyl (C=O) groups excluding carboxylic acids is 1. The van der Waals surface area contributed by atoms with Crippen LogP contribution >= 0.6 is 0 Å². The van der Waals surface area contributed by atoms with Crippen molar-refractivity contribution in [3.8, 4) is 5.75 Å². The number of anilines is 1. The molecule has 0 unspecified atom stereocenters. The highest BCUT2D eigenvalue weighted by Gasteiger charge is 2.15. The minimum atomic E-state index is -0.358. The van der Waals surface area contributed by atoms with Crippen molar-refractivity contribution in [2.45, 2.75) is 33.2 Å². The second-order valence-corrected chi connectivity index (χ2v) is 5.87. The van der Waals surface area contributed by atoms with E-state index in [-0.39, 0.29) is 11.9 Å². The molecule has 0 aliphatic heterocycles. The fourth-order valence-corrected chi connectivity index (χ4v) is 2.32. The highest BCUT2D eigenvalue weighted by Crippen LogP contribution is 2.16. The molecule has 0 saturated heterocycles. The minimum Gasteiger partial charge on any atom is -0.497 e. The van der Waals surface area contributed by atoms with Crippen LogP contribution in [0, 0.1) is 6.92 Å². The van der Waals surface area contributed by atoms with Gasteiger partial charge in [0.2, 0.25) is 0 Å². The van der Waals surface area contributed by atoms with Gasteiger partial charge in [-0.05, 0) is 50.1 Å². The van der Waals surface area contributed by atoms with Crippen molar-refractivity contribution in [1.29, 1.82) is 0 Å². The molecule has 5 nitrogen and oxygen atoms in total. The third-order valence-electron chi connectivity index (χ3n) is 3.96. The summed E-state index contributed by atoms with van der Waals surface area (Å²) < 4.78 is 5.14. The van der Waals surface area contributed by atoms with Crippen molar-refractivity contribution >= 4 is 17.3 Å². The van der Waals surface area contributed by atoms with Gasteiger partial charge in [0.15, 0.2) is 0 Å². The molecular formula is C20H25N3O2. The number of hydrogen-bond acceptors (Lipinski definition) is 4. The van der Waals surface area contributed by atoms with Crippen molar-refractivity contribution < 1.29 is 9.53 Å². The van der Waals surface area contributed by atoms with Crippen LogP contribution in [0.2, 0.25) is 0 Å². The summed E-state index contributed by atoms with van der Waals surface area (Å²) in [6.45, 7) is 5.87. The van der Waals surface area contributed by atoms with Gasteiger partial charge < -0.3 is 10.1 Å². The van der Waals surface area contributed by atoms with Gasteiger partial charge in [0, 0.05) is 5.69 Å². The van der Waals surface area contributed by atoms with E-state index in [1.54, 1.807) is 7.11 Å². The fraction of sp³-hybridized carbons (Fsp3) is 0.300. The number of methoxy groups -OCH3 is 1. The van der Waals surface area contributed by atoms with E-state index in [9.17, 15) is 4.79 Å². The second-order valence-electron chi connectivity index (χ2n) is 5.87. The summed E-state index contributed by atoms with van der Waals surface area (Å²) in [6.07, 6.45) is 0.650. The number of hydrogen-bond donors (Lipinski definition) is 2. The lowest BCUT2D eigenvalue weighted by molar-refractivity contribution is -0.121. The molecule has 1 amide bonds. The SMILES string of the molecule is CC[C@H](Nc1ccc(OC)cc1)C(=O)N/N=C(/C)c1ccc(C)cc1. The molecule has 0 aromatic heterocycles. The zero-order chi connectivity index (χ0) is 18.2. The number of amides is 1. The number of carbonyl (C=O) groups is 1. The van der Waals surface area contributed by atoms with Crippen LogP contribution in [-0.2, 0) is 4.79 Å². The molecule has 0 radical (unpaired) electrons. The lowest BCUT2D eigenvalue weighted by atomic mass is 10.1. The first-order valence-corrected chi connectivity index (χ1v) is 8.35. The molecule has 2 aromatic carbocycles. The fourth-order valence-electron chi connectivity index (χ4n) is 2.32. The van der Waals surface area contributed by atoms with Crippen LogP contribution in [-0.4, -0.2) is 24.8 Å². The zero-order valence-electron chi connectivity index (χ0n) is 15.2. The smallest absolute Gasteiger partial charge is 0.262 e. The van der Waals surface area contributed by atoms with Gasteiger partial charge in [-0.15, -0.1) is 0 Å². The molecule has 132 valence electrons. The highest BCUT2D eigenvalue weighted by molar-refractivity contribution is 5.99. The maximum atomic E-state index is 12.4. The molecule has 0 saturated carbocycles. The Bertz CT molecular complexity index is 722. The number of ether oxygens (including phenoxy) is 1. The van der Waals surface area contributed by atoms with Crippen molar-refractivity contribution in [2.24, 2.45) is 5.10 Å². The Kier molecular flexibility index (Phi) is 6.57. The molecule has 2 rings (SSSR count). The summed E-state index contributed by atoms with van der Waals surface area (Å²) >= 11 is 0. The summed E-state index contributed by atoms with van der Waals surface area (Å²) in [5.74, 6) is 0.617. The average molecular weight is 339 g/mol. The van der Waals surface area contributed by atoms with Gasteiger partial charge in [-0.2, -0.15) is 5.10 Å². The van der Waals surface area contributed by atoms with E-state index in [4.69, 9.17) is 4.74 Å². The van der Waals surface area contributed by atoms with Crippen LogP contribution in [0.15, 0.2) is 53.6 Å². The Morgan fingerprint density at radius 2 is 1.76 bits per heavy atom. The number of nitrogens with zero attached hydrogens (tertiary/aromatic N) is 1. The van der Waals surface area contributed by atoms with Crippen LogP contribution in [0.3, 0.4) is 0 Å². The molecule has 0 fully saturated rings. The molecule has 0 aliphatic carbocycles. The van der Waals surface area contributed by atoms with Crippen molar-refractivity contribution in [2.75, 3.05) is 12.4 Å². The molecule has 2 N–H and O–H groups in total. The van der Waals surface area contributed by atoms with Crippen molar-refractivity contribution in [3.05, 3.63) is 59.7 Å². The predicted molar refractivity (Wildman–Crippen MR) is 102 cm³/mol. The molecular weight excluding hydrogens is 314 g/mol. The molecule has 0 heterocycles. The van der Waals surface area contributed by atoms with Crippen molar-refractivity contribution in [1.82, 2.24) is 5.43 Å². The van der Waals surface area contributed by atoms with Gasteiger partial charge >= 0.3 is 0 Å². The maximum absolute atomic E-state index is 12.4. The number of nitrogens with one attached hydrogen (secondary N) is 2. The topological polar surface area (TPSA) is 62.7 Å². The Morgan fingerprint density at radius 3 is 2.32 bits per heavy atom. The average Bonchev–Trinajstić information content (AvgIpc) is 2.65. The summed E-state index contributed by atoms with van der Waals surface area (Å²) in [5.41, 5.74) is 6.46. The summed E-state index contributed by atoms with van der Waals surface area (Å²) in [6, 6.07) is 15.2. The van der Waals surface area contributed by atoms with E-state index in [0.29, 0.717) is 6.42 Å². The van der Waals surface area contributed by atoms with Gasteiger partial charge in [-0.3, -0.25) is 4.79 Å². The van der Waals surface area contributed by atoms with Crippen LogP contribution in [0.4, 0.5) is 5.69 Å². The zero-order valence-corrected chi connectivity index (χ0v) is 15.2. The lowest BCUT2D eigenvalue weighted by Crippen LogP contribution is -2.37. The first-order valence-electron chi connectivity index (χ1n) is 8.35. The monoisotopic (exact) mass is 339 g/mol. The molecule has 5 heteroatoms. The third kappa shape index (κ3) is 5.35. The highest BCUT2D eigenvalue weighted by atomic mass is 16.5. The maximum Gasteiger partial charge on any atom is 0.262 e. The molecule has 0 aliphatic rings. The number of rotatable bonds is 7. The summed E-state index contributed by atoms with van der Waals surface area (Å²) in [5, 5.41) is 7.43.